The highest BCUT2D eigenvalue weighted by Gasteiger charge is 2.07. The summed E-state index contributed by atoms with van der Waals surface area (Å²) in [6.07, 6.45) is 0.131. The molecule has 0 aliphatic rings. The first-order valence-corrected chi connectivity index (χ1v) is 4.39. The summed E-state index contributed by atoms with van der Waals surface area (Å²) in [6, 6.07) is 8.17. The van der Waals surface area contributed by atoms with Gasteiger partial charge in [0.2, 0.25) is 0 Å². The molecule has 0 aliphatic carbocycles. The van der Waals surface area contributed by atoms with E-state index in [2.05, 4.69) is 12.1 Å². The smallest absolute Gasteiger partial charge is 0.0796 e. The number of rotatable bonds is 4. The first-order valence-electron chi connectivity index (χ1n) is 4.39. The highest BCUT2D eigenvalue weighted by atomic mass is 16.5. The van der Waals surface area contributed by atoms with Crippen molar-refractivity contribution in [2.75, 3.05) is 14.2 Å². The van der Waals surface area contributed by atoms with Gasteiger partial charge in [-0.2, -0.15) is 0 Å². The summed E-state index contributed by atoms with van der Waals surface area (Å²) in [7, 11) is 3.42. The molecule has 1 aromatic carbocycles. The Balaban J connectivity index is 2.90. The first kappa shape index (κ1) is 10.2. The van der Waals surface area contributed by atoms with Crippen molar-refractivity contribution >= 4 is 0 Å². The van der Waals surface area contributed by atoms with Crippen molar-refractivity contribution in [1.29, 1.82) is 0 Å². The maximum Gasteiger partial charge on any atom is 0.0796 e. The Labute approximate surface area is 79.5 Å². The highest BCUT2D eigenvalue weighted by molar-refractivity contribution is 5.28. The van der Waals surface area contributed by atoms with Gasteiger partial charge >= 0.3 is 0 Å². The Morgan fingerprint density at radius 2 is 1.92 bits per heavy atom. The van der Waals surface area contributed by atoms with E-state index in [1.807, 2.05) is 19.1 Å². The second kappa shape index (κ2) is 5.00. The van der Waals surface area contributed by atoms with Gasteiger partial charge in [0.1, 0.15) is 0 Å². The summed E-state index contributed by atoms with van der Waals surface area (Å²) in [6.45, 7) is 2.68. The zero-order valence-electron chi connectivity index (χ0n) is 8.41. The van der Waals surface area contributed by atoms with E-state index in [9.17, 15) is 0 Å². The predicted molar refractivity (Wildman–Crippen MR) is 52.6 cm³/mol. The minimum atomic E-state index is 0.131. The van der Waals surface area contributed by atoms with Gasteiger partial charge in [-0.05, 0) is 18.1 Å². The number of methoxy groups -OCH3 is 2. The Kier molecular flexibility index (Phi) is 3.93. The lowest BCUT2D eigenvalue weighted by Crippen LogP contribution is -2.01. The normalized spacial score (nSPS) is 12.8. The average molecular weight is 180 g/mol. The fourth-order valence-electron chi connectivity index (χ4n) is 1.34. The van der Waals surface area contributed by atoms with Gasteiger partial charge in [-0.25, -0.2) is 0 Å². The average Bonchev–Trinajstić information content (AvgIpc) is 2.18. The van der Waals surface area contributed by atoms with Crippen LogP contribution in [0.5, 0.6) is 0 Å². The van der Waals surface area contributed by atoms with E-state index in [1.165, 1.54) is 11.1 Å². The van der Waals surface area contributed by atoms with Crippen LogP contribution in [0.3, 0.4) is 0 Å². The largest absolute Gasteiger partial charge is 0.380 e. The lowest BCUT2D eigenvalue weighted by atomic mass is 10.0. The summed E-state index contributed by atoms with van der Waals surface area (Å²) >= 11 is 0. The van der Waals surface area contributed by atoms with Crippen molar-refractivity contribution in [3.8, 4) is 0 Å². The lowest BCUT2D eigenvalue weighted by Gasteiger charge is -2.14. The minimum Gasteiger partial charge on any atom is -0.380 e. The highest BCUT2D eigenvalue weighted by Crippen LogP contribution is 2.20. The molecule has 0 heterocycles. The molecule has 0 spiro atoms. The molecule has 0 amide bonds. The molecule has 13 heavy (non-hydrogen) atoms. The molecule has 2 nitrogen and oxygen atoms in total. The monoisotopic (exact) mass is 180 g/mol. The van der Waals surface area contributed by atoms with Crippen LogP contribution in [-0.4, -0.2) is 14.2 Å². The van der Waals surface area contributed by atoms with Crippen molar-refractivity contribution in [1.82, 2.24) is 0 Å². The van der Waals surface area contributed by atoms with Gasteiger partial charge in [0.25, 0.3) is 0 Å². The van der Waals surface area contributed by atoms with Crippen molar-refractivity contribution < 1.29 is 9.47 Å². The molecule has 0 N–H and O–H groups in total. The van der Waals surface area contributed by atoms with Crippen molar-refractivity contribution in [3.05, 3.63) is 35.4 Å². The molecule has 72 valence electrons. The fourth-order valence-corrected chi connectivity index (χ4v) is 1.34. The zero-order chi connectivity index (χ0) is 9.68. The molecule has 1 atom stereocenters. The van der Waals surface area contributed by atoms with Crippen LogP contribution in [-0.2, 0) is 16.1 Å². The second-order valence-electron chi connectivity index (χ2n) is 3.01. The van der Waals surface area contributed by atoms with Crippen LogP contribution < -0.4 is 0 Å². The Hall–Kier alpha value is -0.860. The Morgan fingerprint density at radius 1 is 1.23 bits per heavy atom. The predicted octanol–water partition coefficient (Wildman–Crippen LogP) is 2.54. The van der Waals surface area contributed by atoms with Crippen molar-refractivity contribution in [3.63, 3.8) is 0 Å². The van der Waals surface area contributed by atoms with Crippen molar-refractivity contribution in [2.45, 2.75) is 19.6 Å². The van der Waals surface area contributed by atoms with E-state index in [0.29, 0.717) is 6.61 Å². The molecule has 0 bridgehead atoms. The van der Waals surface area contributed by atoms with Crippen LogP contribution in [0.2, 0.25) is 0 Å². The lowest BCUT2D eigenvalue weighted by molar-refractivity contribution is 0.115. The van der Waals surface area contributed by atoms with E-state index in [4.69, 9.17) is 9.47 Å². The molecule has 2 heteroatoms. The summed E-state index contributed by atoms with van der Waals surface area (Å²) < 4.78 is 10.4. The molecule has 0 radical (unpaired) electrons. The third-order valence-electron chi connectivity index (χ3n) is 2.15. The molecular formula is C11H16O2. The molecule has 0 aliphatic heterocycles. The van der Waals surface area contributed by atoms with E-state index in [0.717, 1.165) is 0 Å². The van der Waals surface area contributed by atoms with Gasteiger partial charge in [-0.3, -0.25) is 0 Å². The summed E-state index contributed by atoms with van der Waals surface area (Å²) in [5.74, 6) is 0. The summed E-state index contributed by atoms with van der Waals surface area (Å²) in [4.78, 5) is 0. The fraction of sp³-hybridized carbons (Fsp3) is 0.455. The Bertz CT molecular complexity index is 258. The maximum absolute atomic E-state index is 5.27. The topological polar surface area (TPSA) is 18.5 Å². The third kappa shape index (κ3) is 2.54. The van der Waals surface area contributed by atoms with Crippen LogP contribution in [0.4, 0.5) is 0 Å². The van der Waals surface area contributed by atoms with Crippen molar-refractivity contribution in [2.24, 2.45) is 0 Å². The maximum atomic E-state index is 5.27. The van der Waals surface area contributed by atoms with Crippen LogP contribution in [0.1, 0.15) is 24.2 Å². The van der Waals surface area contributed by atoms with Crippen LogP contribution in [0.15, 0.2) is 24.3 Å². The molecule has 0 saturated carbocycles. The van der Waals surface area contributed by atoms with Crippen LogP contribution in [0, 0.1) is 0 Å². The number of benzene rings is 1. The molecule has 1 aromatic rings. The minimum absolute atomic E-state index is 0.131. The molecular weight excluding hydrogens is 164 g/mol. The van der Waals surface area contributed by atoms with Crippen LogP contribution in [0.25, 0.3) is 0 Å². The van der Waals surface area contributed by atoms with E-state index >= 15 is 0 Å². The number of ether oxygens (including phenoxy) is 2. The number of hydrogen-bond acceptors (Lipinski definition) is 2. The van der Waals surface area contributed by atoms with E-state index in [-0.39, 0.29) is 6.10 Å². The molecule has 0 fully saturated rings. The zero-order valence-corrected chi connectivity index (χ0v) is 8.41. The van der Waals surface area contributed by atoms with Gasteiger partial charge in [0, 0.05) is 14.2 Å². The second-order valence-corrected chi connectivity index (χ2v) is 3.01. The van der Waals surface area contributed by atoms with Gasteiger partial charge in [0.15, 0.2) is 0 Å². The standard InChI is InChI=1S/C11H16O2/c1-9(13-3)11-7-5-4-6-10(11)8-12-2/h4-7,9H,8H2,1-3H3. The summed E-state index contributed by atoms with van der Waals surface area (Å²) in [5, 5.41) is 0. The third-order valence-corrected chi connectivity index (χ3v) is 2.15. The van der Waals surface area contributed by atoms with Crippen LogP contribution >= 0.6 is 0 Å². The van der Waals surface area contributed by atoms with E-state index < -0.39 is 0 Å². The molecule has 1 rings (SSSR count). The Morgan fingerprint density at radius 3 is 2.54 bits per heavy atom. The van der Waals surface area contributed by atoms with Gasteiger partial charge in [-0.1, -0.05) is 24.3 Å². The van der Waals surface area contributed by atoms with E-state index in [1.54, 1.807) is 14.2 Å². The van der Waals surface area contributed by atoms with Gasteiger partial charge < -0.3 is 9.47 Å². The molecule has 0 aromatic heterocycles. The first-order chi connectivity index (χ1) is 6.29. The molecule has 1 unspecified atom stereocenters. The summed E-state index contributed by atoms with van der Waals surface area (Å²) in [5.41, 5.74) is 2.39. The quantitative estimate of drug-likeness (QED) is 0.709. The van der Waals surface area contributed by atoms with Gasteiger partial charge in [0.05, 0.1) is 12.7 Å². The number of hydrogen-bond donors (Lipinski definition) is 0. The molecule has 0 saturated heterocycles. The SMILES string of the molecule is COCc1ccccc1C(C)OC. The van der Waals surface area contributed by atoms with Gasteiger partial charge in [-0.15, -0.1) is 0 Å².